The minimum Gasteiger partial charge on any atom is -0.395 e. The number of hydrogen-bond acceptors (Lipinski definition) is 4. The number of para-hydroxylation sites is 2. The normalized spacial score (nSPS) is 10.5. The third kappa shape index (κ3) is 3.35. The Labute approximate surface area is 122 Å². The van der Waals surface area contributed by atoms with Crippen LogP contribution >= 0.6 is 0 Å². The summed E-state index contributed by atoms with van der Waals surface area (Å²) in [5, 5.41) is 9.00. The molecule has 21 heavy (non-hydrogen) atoms. The summed E-state index contributed by atoms with van der Waals surface area (Å²) in [5.74, 6) is -0.248. The molecule has 6 heteroatoms. The van der Waals surface area contributed by atoms with Crippen LogP contribution in [-0.2, 0) is 11.3 Å². The summed E-state index contributed by atoms with van der Waals surface area (Å²) in [6.45, 7) is 3.91. The molecule has 1 N–H and O–H groups in total. The molecule has 1 aromatic heterocycles. The molecule has 1 amide bonds. The minimum absolute atomic E-state index is 0.0876. The Balaban J connectivity index is 2.34. The Morgan fingerprint density at radius 2 is 2.19 bits per heavy atom. The van der Waals surface area contributed by atoms with E-state index in [0.717, 1.165) is 0 Å². The van der Waals surface area contributed by atoms with E-state index in [1.807, 2.05) is 6.07 Å². The van der Waals surface area contributed by atoms with E-state index in [2.05, 4.69) is 11.6 Å². The molecule has 0 bridgehead atoms. The van der Waals surface area contributed by atoms with E-state index in [1.54, 1.807) is 24.3 Å². The van der Waals surface area contributed by atoms with Gasteiger partial charge in [0.05, 0.1) is 23.8 Å². The number of benzene rings is 1. The first-order valence-corrected chi connectivity index (χ1v) is 6.61. The van der Waals surface area contributed by atoms with Gasteiger partial charge in [0.25, 0.3) is 5.56 Å². The first-order chi connectivity index (χ1) is 10.2. The second kappa shape index (κ2) is 6.81. The molecule has 0 saturated heterocycles. The Morgan fingerprint density at radius 1 is 1.43 bits per heavy atom. The van der Waals surface area contributed by atoms with Crippen LogP contribution in [0, 0.1) is 0 Å². The van der Waals surface area contributed by atoms with Gasteiger partial charge in [-0.15, -0.1) is 6.58 Å². The topological polar surface area (TPSA) is 75.4 Å². The van der Waals surface area contributed by atoms with Gasteiger partial charge < -0.3 is 10.0 Å². The molecule has 0 atom stereocenters. The molecule has 0 radical (unpaired) electrons. The van der Waals surface area contributed by atoms with Crippen molar-refractivity contribution in [3.05, 3.63) is 53.5 Å². The van der Waals surface area contributed by atoms with E-state index in [0.29, 0.717) is 17.6 Å². The van der Waals surface area contributed by atoms with Gasteiger partial charge in [0.1, 0.15) is 6.54 Å². The summed E-state index contributed by atoms with van der Waals surface area (Å²) in [6.07, 6.45) is 2.79. The van der Waals surface area contributed by atoms with E-state index >= 15 is 0 Å². The molecular formula is C15H17N3O3. The lowest BCUT2D eigenvalue weighted by atomic mass is 10.3. The molecule has 0 unspecified atom stereocenters. The van der Waals surface area contributed by atoms with Crippen molar-refractivity contribution in [3.8, 4) is 0 Å². The zero-order valence-corrected chi connectivity index (χ0v) is 11.6. The third-order valence-electron chi connectivity index (χ3n) is 3.12. The maximum atomic E-state index is 12.3. The lowest BCUT2D eigenvalue weighted by Gasteiger charge is -2.20. The van der Waals surface area contributed by atoms with Gasteiger partial charge in [-0.05, 0) is 12.1 Å². The molecule has 6 nitrogen and oxygen atoms in total. The molecule has 0 saturated carbocycles. The highest BCUT2D eigenvalue weighted by Gasteiger charge is 2.14. The minimum atomic E-state index is -0.329. The number of rotatable bonds is 6. The fourth-order valence-electron chi connectivity index (χ4n) is 2.11. The summed E-state index contributed by atoms with van der Waals surface area (Å²) in [5.41, 5.74) is 0.938. The Bertz CT molecular complexity index is 709. The second-order valence-corrected chi connectivity index (χ2v) is 4.52. The fraction of sp³-hybridized carbons (Fsp3) is 0.267. The van der Waals surface area contributed by atoms with Crippen LogP contribution in [0.15, 0.2) is 47.9 Å². The van der Waals surface area contributed by atoms with Crippen molar-refractivity contribution >= 4 is 16.9 Å². The zero-order chi connectivity index (χ0) is 15.2. The van der Waals surface area contributed by atoms with Gasteiger partial charge in [-0.3, -0.25) is 14.2 Å². The predicted molar refractivity (Wildman–Crippen MR) is 79.9 cm³/mol. The van der Waals surface area contributed by atoms with Crippen LogP contribution in [0.25, 0.3) is 11.0 Å². The van der Waals surface area contributed by atoms with Gasteiger partial charge >= 0.3 is 0 Å². The molecule has 2 rings (SSSR count). The number of fused-ring (bicyclic) bond motifs is 1. The zero-order valence-electron chi connectivity index (χ0n) is 11.6. The quantitative estimate of drug-likeness (QED) is 0.781. The number of aromatic nitrogens is 2. The summed E-state index contributed by atoms with van der Waals surface area (Å²) >= 11 is 0. The molecule has 0 aliphatic heterocycles. The fourth-order valence-corrected chi connectivity index (χ4v) is 2.11. The molecule has 0 aliphatic rings. The summed E-state index contributed by atoms with van der Waals surface area (Å²) in [6, 6.07) is 7.15. The van der Waals surface area contributed by atoms with Gasteiger partial charge in [0.2, 0.25) is 5.91 Å². The Hall–Kier alpha value is -2.47. The number of carbonyl (C=O) groups is 1. The van der Waals surface area contributed by atoms with Crippen LogP contribution in [0.3, 0.4) is 0 Å². The van der Waals surface area contributed by atoms with Crippen molar-refractivity contribution in [1.82, 2.24) is 14.5 Å². The first-order valence-electron chi connectivity index (χ1n) is 6.61. The lowest BCUT2D eigenvalue weighted by molar-refractivity contribution is -0.131. The van der Waals surface area contributed by atoms with E-state index < -0.39 is 0 Å². The van der Waals surface area contributed by atoms with Crippen molar-refractivity contribution in [3.63, 3.8) is 0 Å². The highest BCUT2D eigenvalue weighted by Crippen LogP contribution is 2.08. The van der Waals surface area contributed by atoms with E-state index in [9.17, 15) is 9.59 Å². The number of nitrogens with zero attached hydrogens (tertiary/aromatic N) is 3. The summed E-state index contributed by atoms with van der Waals surface area (Å²) in [4.78, 5) is 29.7. The molecule has 0 spiro atoms. The third-order valence-corrected chi connectivity index (χ3v) is 3.12. The SMILES string of the molecule is C=CCN(CCO)C(=O)Cn1c(=O)cnc2ccccc21. The van der Waals surface area contributed by atoms with Crippen LogP contribution in [0.1, 0.15) is 0 Å². The monoisotopic (exact) mass is 287 g/mol. The van der Waals surface area contributed by atoms with Crippen LogP contribution in [0.5, 0.6) is 0 Å². The average Bonchev–Trinajstić information content (AvgIpc) is 2.50. The largest absolute Gasteiger partial charge is 0.395 e. The molecule has 0 fully saturated rings. The maximum absolute atomic E-state index is 12.3. The van der Waals surface area contributed by atoms with Gasteiger partial charge in [-0.1, -0.05) is 18.2 Å². The average molecular weight is 287 g/mol. The molecular weight excluding hydrogens is 270 g/mol. The van der Waals surface area contributed by atoms with Crippen LogP contribution in [0.2, 0.25) is 0 Å². The molecule has 110 valence electrons. The van der Waals surface area contributed by atoms with Gasteiger partial charge in [0.15, 0.2) is 0 Å². The maximum Gasteiger partial charge on any atom is 0.269 e. The summed E-state index contributed by atoms with van der Waals surface area (Å²) < 4.78 is 1.39. The van der Waals surface area contributed by atoms with Crippen molar-refractivity contribution in [1.29, 1.82) is 0 Å². The molecule has 0 aliphatic carbocycles. The smallest absolute Gasteiger partial charge is 0.269 e. The van der Waals surface area contributed by atoms with E-state index in [1.165, 1.54) is 15.7 Å². The van der Waals surface area contributed by atoms with Crippen LogP contribution in [0.4, 0.5) is 0 Å². The highest BCUT2D eigenvalue weighted by molar-refractivity contribution is 5.80. The van der Waals surface area contributed by atoms with Crippen molar-refractivity contribution in [2.75, 3.05) is 19.7 Å². The number of amides is 1. The van der Waals surface area contributed by atoms with Gasteiger partial charge in [0, 0.05) is 13.1 Å². The van der Waals surface area contributed by atoms with Gasteiger partial charge in [-0.25, -0.2) is 4.98 Å². The number of carbonyl (C=O) groups excluding carboxylic acids is 1. The number of aliphatic hydroxyl groups excluding tert-OH is 1. The molecule has 1 aromatic carbocycles. The predicted octanol–water partition coefficient (Wildman–Crippen LogP) is 0.403. The molecule has 1 heterocycles. The van der Waals surface area contributed by atoms with E-state index in [4.69, 9.17) is 5.11 Å². The van der Waals surface area contributed by atoms with Crippen molar-refractivity contribution in [2.24, 2.45) is 0 Å². The first kappa shape index (κ1) is 14.9. The van der Waals surface area contributed by atoms with Crippen molar-refractivity contribution < 1.29 is 9.90 Å². The second-order valence-electron chi connectivity index (χ2n) is 4.52. The molecule has 2 aromatic rings. The Morgan fingerprint density at radius 3 is 2.90 bits per heavy atom. The van der Waals surface area contributed by atoms with Crippen LogP contribution < -0.4 is 5.56 Å². The van der Waals surface area contributed by atoms with Crippen LogP contribution in [-0.4, -0.2) is 45.2 Å². The highest BCUT2D eigenvalue weighted by atomic mass is 16.3. The number of hydrogen-bond donors (Lipinski definition) is 1. The number of aliphatic hydroxyl groups is 1. The Kier molecular flexibility index (Phi) is 4.84. The van der Waals surface area contributed by atoms with Gasteiger partial charge in [-0.2, -0.15) is 0 Å². The summed E-state index contributed by atoms with van der Waals surface area (Å²) in [7, 11) is 0. The lowest BCUT2D eigenvalue weighted by Crippen LogP contribution is -2.38. The standard InChI is InChI=1S/C15H17N3O3/c1-2-7-17(8-9-19)15(21)11-18-13-6-4-3-5-12(13)16-10-14(18)20/h2-6,10,19H,1,7-9,11H2. The van der Waals surface area contributed by atoms with E-state index in [-0.39, 0.29) is 31.2 Å². The van der Waals surface area contributed by atoms with Crippen molar-refractivity contribution in [2.45, 2.75) is 6.54 Å².